The molecule has 128 valence electrons. The first-order valence-corrected chi connectivity index (χ1v) is 8.48. The largest absolute Gasteiger partial charge is 0.491 e. The highest BCUT2D eigenvalue weighted by atomic mass is 16.5. The SMILES string of the molecule is CCCC[C@H](NCc1ccc(OCC2CCCO2)cc1)C(=O)O. The van der Waals surface area contributed by atoms with Crippen molar-refractivity contribution in [3.63, 3.8) is 0 Å². The lowest BCUT2D eigenvalue weighted by atomic mass is 10.1. The third-order valence-electron chi connectivity index (χ3n) is 4.08. The van der Waals surface area contributed by atoms with Crippen LogP contribution in [0.15, 0.2) is 24.3 Å². The molecule has 2 N–H and O–H groups in total. The van der Waals surface area contributed by atoms with Crippen molar-refractivity contribution < 1.29 is 19.4 Å². The summed E-state index contributed by atoms with van der Waals surface area (Å²) in [5.74, 6) is 0.0417. The average Bonchev–Trinajstić information content (AvgIpc) is 3.07. The van der Waals surface area contributed by atoms with Gasteiger partial charge in [-0.1, -0.05) is 31.9 Å². The number of nitrogens with one attached hydrogen (secondary N) is 1. The molecule has 23 heavy (non-hydrogen) atoms. The Balaban J connectivity index is 1.75. The van der Waals surface area contributed by atoms with Gasteiger partial charge in [-0.05, 0) is 37.0 Å². The van der Waals surface area contributed by atoms with Gasteiger partial charge in [0.15, 0.2) is 0 Å². The number of hydrogen-bond acceptors (Lipinski definition) is 4. The van der Waals surface area contributed by atoms with Gasteiger partial charge in [0.25, 0.3) is 0 Å². The zero-order valence-corrected chi connectivity index (χ0v) is 13.8. The van der Waals surface area contributed by atoms with Crippen LogP contribution in [0.5, 0.6) is 5.75 Å². The summed E-state index contributed by atoms with van der Waals surface area (Å²) in [6.07, 6.45) is 4.97. The number of benzene rings is 1. The molecule has 1 fully saturated rings. The Morgan fingerprint density at radius 2 is 2.22 bits per heavy atom. The van der Waals surface area contributed by atoms with Crippen LogP contribution in [0.2, 0.25) is 0 Å². The highest BCUT2D eigenvalue weighted by molar-refractivity contribution is 5.73. The van der Waals surface area contributed by atoms with Crippen molar-refractivity contribution in [1.82, 2.24) is 5.32 Å². The van der Waals surface area contributed by atoms with Crippen molar-refractivity contribution >= 4 is 5.97 Å². The molecule has 1 aliphatic heterocycles. The van der Waals surface area contributed by atoms with E-state index in [1.54, 1.807) is 0 Å². The van der Waals surface area contributed by atoms with E-state index in [1.807, 2.05) is 24.3 Å². The first kappa shape index (κ1) is 17.8. The van der Waals surface area contributed by atoms with Gasteiger partial charge < -0.3 is 19.9 Å². The molecule has 1 aromatic rings. The number of rotatable bonds is 10. The average molecular weight is 321 g/mol. The molecule has 2 atom stereocenters. The van der Waals surface area contributed by atoms with E-state index in [4.69, 9.17) is 9.47 Å². The number of ether oxygens (including phenoxy) is 2. The summed E-state index contributed by atoms with van der Waals surface area (Å²) in [6, 6.07) is 7.31. The fourth-order valence-corrected chi connectivity index (χ4v) is 2.63. The van der Waals surface area contributed by atoms with E-state index in [0.29, 0.717) is 19.6 Å². The van der Waals surface area contributed by atoms with Crippen LogP contribution in [-0.4, -0.2) is 36.4 Å². The summed E-state index contributed by atoms with van der Waals surface area (Å²) in [4.78, 5) is 11.2. The van der Waals surface area contributed by atoms with Crippen LogP contribution in [0, 0.1) is 0 Å². The summed E-state index contributed by atoms with van der Waals surface area (Å²) < 4.78 is 11.2. The van der Waals surface area contributed by atoms with Crippen LogP contribution in [-0.2, 0) is 16.1 Å². The van der Waals surface area contributed by atoms with Crippen molar-refractivity contribution in [1.29, 1.82) is 0 Å². The predicted molar refractivity (Wildman–Crippen MR) is 88.7 cm³/mol. The van der Waals surface area contributed by atoms with Crippen molar-refractivity contribution in [3.8, 4) is 5.75 Å². The number of aliphatic carboxylic acids is 1. The van der Waals surface area contributed by atoms with E-state index in [2.05, 4.69) is 12.2 Å². The molecule has 5 heteroatoms. The Morgan fingerprint density at radius 3 is 2.83 bits per heavy atom. The molecule has 1 heterocycles. The zero-order chi connectivity index (χ0) is 16.5. The van der Waals surface area contributed by atoms with Gasteiger partial charge in [-0.3, -0.25) is 4.79 Å². The summed E-state index contributed by atoms with van der Waals surface area (Å²) >= 11 is 0. The van der Waals surface area contributed by atoms with Gasteiger partial charge >= 0.3 is 5.97 Å². The second kappa shape index (κ2) is 9.53. The summed E-state index contributed by atoms with van der Waals surface area (Å²) in [5, 5.41) is 12.3. The maximum Gasteiger partial charge on any atom is 0.320 e. The van der Waals surface area contributed by atoms with Crippen LogP contribution in [0.1, 0.15) is 44.6 Å². The molecule has 0 radical (unpaired) electrons. The van der Waals surface area contributed by atoms with Crippen LogP contribution in [0.4, 0.5) is 0 Å². The lowest BCUT2D eigenvalue weighted by molar-refractivity contribution is -0.139. The second-order valence-electron chi connectivity index (χ2n) is 6.00. The van der Waals surface area contributed by atoms with Crippen molar-refractivity contribution in [2.75, 3.05) is 13.2 Å². The van der Waals surface area contributed by atoms with Crippen molar-refractivity contribution in [3.05, 3.63) is 29.8 Å². The topological polar surface area (TPSA) is 67.8 Å². The van der Waals surface area contributed by atoms with E-state index in [0.717, 1.165) is 43.6 Å². The summed E-state index contributed by atoms with van der Waals surface area (Å²) in [7, 11) is 0. The van der Waals surface area contributed by atoms with Crippen molar-refractivity contribution in [2.45, 2.75) is 57.7 Å². The van der Waals surface area contributed by atoms with Gasteiger partial charge in [0.05, 0.1) is 6.10 Å². The molecule has 0 bridgehead atoms. The maximum absolute atomic E-state index is 11.2. The van der Waals surface area contributed by atoms with Gasteiger partial charge in [0.1, 0.15) is 18.4 Å². The minimum Gasteiger partial charge on any atom is -0.491 e. The molecule has 2 rings (SSSR count). The van der Waals surface area contributed by atoms with Gasteiger partial charge in [-0.25, -0.2) is 0 Å². The molecule has 0 amide bonds. The third kappa shape index (κ3) is 6.20. The van der Waals surface area contributed by atoms with Gasteiger partial charge in [-0.2, -0.15) is 0 Å². The molecule has 1 unspecified atom stereocenters. The van der Waals surface area contributed by atoms with E-state index in [1.165, 1.54) is 0 Å². The minimum atomic E-state index is -0.782. The smallest absolute Gasteiger partial charge is 0.320 e. The van der Waals surface area contributed by atoms with Gasteiger partial charge in [-0.15, -0.1) is 0 Å². The van der Waals surface area contributed by atoms with E-state index >= 15 is 0 Å². The Bertz CT molecular complexity index is 468. The number of carboxylic acids is 1. The fraction of sp³-hybridized carbons (Fsp3) is 0.611. The first-order valence-electron chi connectivity index (χ1n) is 8.48. The molecule has 1 saturated heterocycles. The Hall–Kier alpha value is -1.59. The fourth-order valence-electron chi connectivity index (χ4n) is 2.63. The molecule has 0 aromatic heterocycles. The Kier molecular flexibility index (Phi) is 7.36. The molecule has 1 aromatic carbocycles. The molecule has 0 aliphatic carbocycles. The molecular formula is C18H27NO4. The molecule has 5 nitrogen and oxygen atoms in total. The highest BCUT2D eigenvalue weighted by Crippen LogP contribution is 2.16. The lowest BCUT2D eigenvalue weighted by Crippen LogP contribution is -2.36. The number of carboxylic acid groups (broad SMARTS) is 1. The van der Waals surface area contributed by atoms with E-state index in [9.17, 15) is 9.90 Å². The van der Waals surface area contributed by atoms with Crippen LogP contribution in [0.3, 0.4) is 0 Å². The van der Waals surface area contributed by atoms with Crippen molar-refractivity contribution in [2.24, 2.45) is 0 Å². The van der Waals surface area contributed by atoms with Gasteiger partial charge in [0, 0.05) is 13.2 Å². The first-order chi connectivity index (χ1) is 11.2. The summed E-state index contributed by atoms with van der Waals surface area (Å²) in [5.41, 5.74) is 1.05. The van der Waals surface area contributed by atoms with Crippen LogP contribution in [0.25, 0.3) is 0 Å². The van der Waals surface area contributed by atoms with E-state index < -0.39 is 12.0 Å². The number of carbonyl (C=O) groups is 1. The van der Waals surface area contributed by atoms with E-state index in [-0.39, 0.29) is 6.10 Å². The van der Waals surface area contributed by atoms with Crippen LogP contribution < -0.4 is 10.1 Å². The van der Waals surface area contributed by atoms with Gasteiger partial charge in [0.2, 0.25) is 0 Å². The Morgan fingerprint density at radius 1 is 1.43 bits per heavy atom. The molecule has 0 spiro atoms. The summed E-state index contributed by atoms with van der Waals surface area (Å²) in [6.45, 7) is 4.04. The third-order valence-corrected chi connectivity index (χ3v) is 4.08. The molecular weight excluding hydrogens is 294 g/mol. The highest BCUT2D eigenvalue weighted by Gasteiger charge is 2.17. The molecule has 1 aliphatic rings. The normalized spacial score (nSPS) is 18.7. The Labute approximate surface area is 138 Å². The molecule has 0 saturated carbocycles. The number of hydrogen-bond donors (Lipinski definition) is 2. The minimum absolute atomic E-state index is 0.214. The predicted octanol–water partition coefficient (Wildman–Crippen LogP) is 2.98. The van der Waals surface area contributed by atoms with Crippen LogP contribution >= 0.6 is 0 Å². The second-order valence-corrected chi connectivity index (χ2v) is 6.00. The monoisotopic (exact) mass is 321 g/mol. The quantitative estimate of drug-likeness (QED) is 0.693. The zero-order valence-electron chi connectivity index (χ0n) is 13.8. The maximum atomic E-state index is 11.2. The number of unbranched alkanes of at least 4 members (excludes halogenated alkanes) is 1. The lowest BCUT2D eigenvalue weighted by Gasteiger charge is -2.15. The standard InChI is InChI=1S/C18H27NO4/c1-2-3-6-17(18(20)21)19-12-14-7-9-15(10-8-14)23-13-16-5-4-11-22-16/h7-10,16-17,19H,2-6,11-13H2,1H3,(H,20,21)/t16?,17-/m0/s1.